The van der Waals surface area contributed by atoms with Crippen molar-refractivity contribution in [3.63, 3.8) is 0 Å². The molecule has 2 aromatic heterocycles. The summed E-state index contributed by atoms with van der Waals surface area (Å²) in [6.07, 6.45) is 1.50. The van der Waals surface area contributed by atoms with Crippen molar-refractivity contribution >= 4 is 40.3 Å². The van der Waals surface area contributed by atoms with Crippen molar-refractivity contribution in [2.45, 2.75) is 13.5 Å². The zero-order valence-electron chi connectivity index (χ0n) is 13.1. The van der Waals surface area contributed by atoms with Gasteiger partial charge in [-0.05, 0) is 24.6 Å². The number of methoxy groups -OCH3 is 1. The average Bonchev–Trinajstić information content (AvgIpc) is 3.14. The number of carbonyl (C=O) groups is 2. The summed E-state index contributed by atoms with van der Waals surface area (Å²) >= 11 is 6.06. The van der Waals surface area contributed by atoms with Crippen molar-refractivity contribution in [3.8, 4) is 0 Å². The van der Waals surface area contributed by atoms with Crippen molar-refractivity contribution < 1.29 is 18.7 Å². The number of esters is 1. The molecule has 0 radical (unpaired) electrons. The Balaban J connectivity index is 1.89. The minimum atomic E-state index is -0.534. The fraction of sp³-hybridized carbons (Fsp3) is 0.176. The maximum Gasteiger partial charge on any atom is 0.354 e. The van der Waals surface area contributed by atoms with Crippen molar-refractivity contribution in [2.75, 3.05) is 12.4 Å². The Morgan fingerprint density at radius 1 is 1.33 bits per heavy atom. The molecule has 1 amide bonds. The molecule has 0 saturated heterocycles. The van der Waals surface area contributed by atoms with E-state index in [0.717, 1.165) is 5.56 Å². The number of aromatic nitrogens is 1. The van der Waals surface area contributed by atoms with Crippen molar-refractivity contribution in [1.29, 1.82) is 0 Å². The fourth-order valence-corrected chi connectivity index (χ4v) is 2.67. The summed E-state index contributed by atoms with van der Waals surface area (Å²) < 4.78 is 11.6. The molecule has 0 saturated carbocycles. The van der Waals surface area contributed by atoms with E-state index in [4.69, 9.17) is 20.8 Å². The van der Waals surface area contributed by atoms with Crippen LogP contribution in [0.25, 0.3) is 11.1 Å². The van der Waals surface area contributed by atoms with Crippen molar-refractivity contribution in [1.82, 2.24) is 4.57 Å². The van der Waals surface area contributed by atoms with Crippen LogP contribution in [0.5, 0.6) is 0 Å². The molecule has 3 rings (SSSR count). The number of carbonyl (C=O) groups excluding carboxylic acids is 2. The molecule has 0 spiro atoms. The third-order valence-corrected chi connectivity index (χ3v) is 4.17. The number of ether oxygens (including phenoxy) is 1. The summed E-state index contributed by atoms with van der Waals surface area (Å²) in [4.78, 5) is 24.3. The van der Waals surface area contributed by atoms with Crippen LogP contribution in [-0.4, -0.2) is 23.6 Å². The molecule has 0 fully saturated rings. The number of rotatable bonds is 4. The number of anilines is 1. The molecule has 0 atom stereocenters. The number of benzene rings is 1. The van der Waals surface area contributed by atoms with Gasteiger partial charge in [-0.15, -0.1) is 0 Å². The summed E-state index contributed by atoms with van der Waals surface area (Å²) in [6, 6.07) is 8.53. The van der Waals surface area contributed by atoms with Gasteiger partial charge < -0.3 is 19.0 Å². The lowest BCUT2D eigenvalue weighted by Gasteiger charge is -2.11. The predicted octanol–water partition coefficient (Wildman–Crippen LogP) is 3.62. The first-order valence-electron chi connectivity index (χ1n) is 7.21. The van der Waals surface area contributed by atoms with Gasteiger partial charge in [-0.3, -0.25) is 4.79 Å². The fourth-order valence-electron chi connectivity index (χ4n) is 2.50. The molecular formula is C17H15ClN2O4. The van der Waals surface area contributed by atoms with Crippen LogP contribution in [0.3, 0.4) is 0 Å². The van der Waals surface area contributed by atoms with E-state index >= 15 is 0 Å². The third-order valence-electron chi connectivity index (χ3n) is 3.76. The largest absolute Gasteiger partial charge is 0.464 e. The summed E-state index contributed by atoms with van der Waals surface area (Å²) in [5.74, 6) is -0.822. The Hall–Kier alpha value is -2.73. The van der Waals surface area contributed by atoms with Crippen LogP contribution in [0, 0.1) is 6.92 Å². The number of hydrogen-bond donors (Lipinski definition) is 1. The average molecular weight is 347 g/mol. The number of fused-ring (bicyclic) bond motifs is 1. The van der Waals surface area contributed by atoms with Crippen LogP contribution in [0.2, 0.25) is 5.02 Å². The second-order valence-electron chi connectivity index (χ2n) is 5.24. The van der Waals surface area contributed by atoms with Crippen LogP contribution in [0.15, 0.2) is 41.0 Å². The standard InChI is InChI=1S/C17H15ClN2O4/c1-10-11(18)4-3-5-12(10)19-16(21)9-20-13-6-7-24-15(13)8-14(20)17(22)23-2/h3-8H,9H2,1-2H3,(H,19,21). The van der Waals surface area contributed by atoms with E-state index in [1.165, 1.54) is 13.4 Å². The van der Waals surface area contributed by atoms with Crippen LogP contribution in [0.1, 0.15) is 16.1 Å². The molecule has 124 valence electrons. The quantitative estimate of drug-likeness (QED) is 0.732. The van der Waals surface area contributed by atoms with E-state index in [-0.39, 0.29) is 18.1 Å². The highest BCUT2D eigenvalue weighted by Crippen LogP contribution is 2.24. The van der Waals surface area contributed by atoms with Gasteiger partial charge in [-0.2, -0.15) is 0 Å². The van der Waals surface area contributed by atoms with Gasteiger partial charge >= 0.3 is 5.97 Å². The second kappa shape index (κ2) is 6.41. The lowest BCUT2D eigenvalue weighted by Crippen LogP contribution is -2.22. The van der Waals surface area contributed by atoms with E-state index in [2.05, 4.69) is 5.32 Å². The van der Waals surface area contributed by atoms with Crippen LogP contribution < -0.4 is 5.32 Å². The summed E-state index contributed by atoms with van der Waals surface area (Å²) in [6.45, 7) is 1.77. The van der Waals surface area contributed by atoms with E-state index in [1.807, 2.05) is 6.92 Å². The molecule has 0 aliphatic carbocycles. The monoisotopic (exact) mass is 346 g/mol. The van der Waals surface area contributed by atoms with Crippen LogP contribution >= 0.6 is 11.6 Å². The maximum atomic E-state index is 12.4. The number of hydrogen-bond acceptors (Lipinski definition) is 4. The Morgan fingerprint density at radius 2 is 2.12 bits per heavy atom. The Labute approximate surface area is 142 Å². The van der Waals surface area contributed by atoms with Gasteiger partial charge in [0.2, 0.25) is 5.91 Å². The highest BCUT2D eigenvalue weighted by atomic mass is 35.5. The van der Waals surface area contributed by atoms with Gasteiger partial charge in [0.1, 0.15) is 12.2 Å². The molecule has 24 heavy (non-hydrogen) atoms. The summed E-state index contributed by atoms with van der Waals surface area (Å²) in [5, 5.41) is 3.37. The van der Waals surface area contributed by atoms with Gasteiger partial charge in [-0.25, -0.2) is 4.79 Å². The molecule has 2 heterocycles. The maximum absolute atomic E-state index is 12.4. The van der Waals surface area contributed by atoms with Gasteiger partial charge in [0.15, 0.2) is 5.58 Å². The Kier molecular flexibility index (Phi) is 4.31. The second-order valence-corrected chi connectivity index (χ2v) is 5.65. The Bertz CT molecular complexity index is 926. The van der Waals surface area contributed by atoms with Crippen LogP contribution in [-0.2, 0) is 16.1 Å². The smallest absolute Gasteiger partial charge is 0.354 e. The lowest BCUT2D eigenvalue weighted by atomic mass is 10.2. The number of furan rings is 1. The first-order chi connectivity index (χ1) is 11.5. The highest BCUT2D eigenvalue weighted by Gasteiger charge is 2.20. The molecule has 7 heteroatoms. The zero-order valence-corrected chi connectivity index (χ0v) is 13.9. The molecule has 6 nitrogen and oxygen atoms in total. The third kappa shape index (κ3) is 2.88. The Morgan fingerprint density at radius 3 is 2.88 bits per heavy atom. The molecular weight excluding hydrogens is 332 g/mol. The molecule has 1 aromatic carbocycles. The van der Waals surface area contributed by atoms with E-state index in [9.17, 15) is 9.59 Å². The van der Waals surface area contributed by atoms with Gasteiger partial charge in [-0.1, -0.05) is 17.7 Å². The number of amides is 1. The van der Waals surface area contributed by atoms with Gasteiger partial charge in [0.25, 0.3) is 0 Å². The van der Waals surface area contributed by atoms with Gasteiger partial charge in [0.05, 0.1) is 18.9 Å². The predicted molar refractivity (Wildman–Crippen MR) is 90.4 cm³/mol. The minimum Gasteiger partial charge on any atom is -0.464 e. The van der Waals surface area contributed by atoms with E-state index < -0.39 is 5.97 Å². The van der Waals surface area contributed by atoms with Crippen molar-refractivity contribution in [3.05, 3.63) is 52.9 Å². The van der Waals surface area contributed by atoms with Crippen LogP contribution in [0.4, 0.5) is 5.69 Å². The number of halogens is 1. The number of nitrogens with zero attached hydrogens (tertiary/aromatic N) is 1. The van der Waals surface area contributed by atoms with Crippen molar-refractivity contribution in [2.24, 2.45) is 0 Å². The SMILES string of the molecule is COC(=O)c1cc2occc2n1CC(=O)Nc1cccc(Cl)c1C. The molecule has 0 unspecified atom stereocenters. The van der Waals surface area contributed by atoms with E-state index in [0.29, 0.717) is 21.8 Å². The zero-order chi connectivity index (χ0) is 17.3. The lowest BCUT2D eigenvalue weighted by molar-refractivity contribution is -0.116. The first kappa shape index (κ1) is 16.1. The molecule has 0 aliphatic rings. The normalized spacial score (nSPS) is 10.8. The summed E-state index contributed by atoms with van der Waals surface area (Å²) in [7, 11) is 1.29. The molecule has 3 aromatic rings. The topological polar surface area (TPSA) is 73.5 Å². The molecule has 1 N–H and O–H groups in total. The first-order valence-corrected chi connectivity index (χ1v) is 7.59. The highest BCUT2D eigenvalue weighted by molar-refractivity contribution is 6.31. The minimum absolute atomic E-state index is 0.0561. The number of nitrogens with one attached hydrogen (secondary N) is 1. The van der Waals surface area contributed by atoms with Gasteiger partial charge in [0, 0.05) is 22.8 Å². The summed E-state index contributed by atoms with van der Waals surface area (Å²) in [5.41, 5.74) is 2.82. The molecule has 0 bridgehead atoms. The van der Waals surface area contributed by atoms with E-state index in [1.54, 1.807) is 34.9 Å². The molecule has 0 aliphatic heterocycles.